The molecule has 1 N–H and O–H groups in total. The summed E-state index contributed by atoms with van der Waals surface area (Å²) in [4.78, 5) is 24.5. The molecule has 1 saturated carbocycles. The molecule has 1 fully saturated rings. The second-order valence-electron chi connectivity index (χ2n) is 7.74. The molecule has 4 rings (SSSR count). The Morgan fingerprint density at radius 2 is 1.94 bits per heavy atom. The summed E-state index contributed by atoms with van der Waals surface area (Å²) >= 11 is 6.22. The third-order valence-corrected chi connectivity index (χ3v) is 6.02. The highest BCUT2D eigenvalue weighted by Crippen LogP contribution is 2.38. The molecule has 0 saturated heterocycles. The van der Waals surface area contributed by atoms with Gasteiger partial charge in [0.1, 0.15) is 17.6 Å². The summed E-state index contributed by atoms with van der Waals surface area (Å²) in [5.41, 5.74) is 1.63. The zero-order chi connectivity index (χ0) is 22.3. The number of amides is 1. The maximum Gasteiger partial charge on any atom is 0.236 e. The van der Waals surface area contributed by atoms with Crippen molar-refractivity contribution in [3.63, 3.8) is 0 Å². The first kappa shape index (κ1) is 21.4. The molecule has 162 valence electrons. The summed E-state index contributed by atoms with van der Waals surface area (Å²) in [6.07, 6.45) is 1.47. The largest absolute Gasteiger partial charge is 0.490 e. The van der Waals surface area contributed by atoms with Gasteiger partial charge >= 0.3 is 0 Å². The molecule has 0 radical (unpaired) electrons. The molecule has 9 heteroatoms. The summed E-state index contributed by atoms with van der Waals surface area (Å²) in [5.74, 6) is -0.111. The average Bonchev–Trinajstić information content (AvgIpc) is 2.63. The van der Waals surface area contributed by atoms with Gasteiger partial charge in [0.15, 0.2) is 11.0 Å². The van der Waals surface area contributed by atoms with Gasteiger partial charge in [-0.05, 0) is 49.6 Å². The Hall–Kier alpha value is -2.84. The molecule has 2 aromatic carbocycles. The van der Waals surface area contributed by atoms with E-state index in [-0.39, 0.29) is 11.5 Å². The monoisotopic (exact) mass is 461 g/mol. The number of halogens is 1. The van der Waals surface area contributed by atoms with Gasteiger partial charge in [0.2, 0.25) is 15.9 Å². The van der Waals surface area contributed by atoms with Gasteiger partial charge in [0.25, 0.3) is 0 Å². The molecule has 0 atom stereocenters. The summed E-state index contributed by atoms with van der Waals surface area (Å²) < 4.78 is 36.5. The molecule has 0 bridgehead atoms. The van der Waals surface area contributed by atoms with Gasteiger partial charge in [-0.25, -0.2) is 8.42 Å². The minimum atomic E-state index is -3.59. The van der Waals surface area contributed by atoms with Crippen molar-refractivity contribution in [2.45, 2.75) is 25.9 Å². The highest BCUT2D eigenvalue weighted by Gasteiger charge is 2.37. The Labute approximate surface area is 184 Å². The number of para-hydroxylation sites is 1. The van der Waals surface area contributed by atoms with Crippen molar-refractivity contribution in [2.75, 3.05) is 6.26 Å². The third-order valence-electron chi connectivity index (χ3n) is 5.15. The minimum absolute atomic E-state index is 0.216. The number of hydrogen-bond donors (Lipinski definition) is 1. The van der Waals surface area contributed by atoms with Crippen LogP contribution in [-0.4, -0.2) is 26.7 Å². The normalized spacial score (nSPS) is 18.4. The Balaban J connectivity index is 1.60. The SMILES string of the molecule is Cc1ccc(-c2cc(=O)c3cccc(Cl)c3o2)c(OC2CC(C(=O)NS(C)(=O)=O)C2)c1. The zero-order valence-corrected chi connectivity index (χ0v) is 18.4. The van der Waals surface area contributed by atoms with Crippen molar-refractivity contribution in [3.8, 4) is 17.1 Å². The van der Waals surface area contributed by atoms with E-state index in [0.29, 0.717) is 45.9 Å². The Morgan fingerprint density at radius 3 is 2.65 bits per heavy atom. The van der Waals surface area contributed by atoms with E-state index in [2.05, 4.69) is 0 Å². The van der Waals surface area contributed by atoms with E-state index < -0.39 is 21.8 Å². The van der Waals surface area contributed by atoms with Crippen molar-refractivity contribution < 1.29 is 22.4 Å². The predicted molar refractivity (Wildman–Crippen MR) is 118 cm³/mol. The lowest BCUT2D eigenvalue weighted by molar-refractivity contribution is -0.128. The maximum atomic E-state index is 12.6. The van der Waals surface area contributed by atoms with Crippen LogP contribution in [0.15, 0.2) is 51.7 Å². The van der Waals surface area contributed by atoms with Crippen molar-refractivity contribution >= 4 is 38.5 Å². The molecule has 1 aliphatic rings. The number of carbonyl (C=O) groups is 1. The van der Waals surface area contributed by atoms with E-state index in [9.17, 15) is 18.0 Å². The Bertz CT molecular complexity index is 1340. The average molecular weight is 462 g/mol. The molecule has 1 amide bonds. The lowest BCUT2D eigenvalue weighted by Crippen LogP contribution is -2.45. The van der Waals surface area contributed by atoms with Crippen LogP contribution in [0.2, 0.25) is 5.02 Å². The number of sulfonamides is 1. The fourth-order valence-electron chi connectivity index (χ4n) is 3.53. The fourth-order valence-corrected chi connectivity index (χ4v) is 4.27. The number of nitrogens with one attached hydrogen (secondary N) is 1. The molecule has 0 unspecified atom stereocenters. The highest BCUT2D eigenvalue weighted by atomic mass is 35.5. The van der Waals surface area contributed by atoms with Gasteiger partial charge in [0, 0.05) is 12.0 Å². The molecule has 3 aromatic rings. The van der Waals surface area contributed by atoms with Crippen molar-refractivity contribution in [1.82, 2.24) is 4.72 Å². The molecule has 0 aliphatic heterocycles. The lowest BCUT2D eigenvalue weighted by atomic mass is 9.82. The number of fused-ring (bicyclic) bond motifs is 1. The van der Waals surface area contributed by atoms with Gasteiger partial charge in [0.05, 0.1) is 22.2 Å². The van der Waals surface area contributed by atoms with Crippen molar-refractivity contribution in [1.29, 1.82) is 0 Å². The molecule has 1 heterocycles. The van der Waals surface area contributed by atoms with E-state index >= 15 is 0 Å². The summed E-state index contributed by atoms with van der Waals surface area (Å²) in [5, 5.41) is 0.731. The number of hydrogen-bond acceptors (Lipinski definition) is 6. The van der Waals surface area contributed by atoms with E-state index in [1.807, 2.05) is 23.8 Å². The summed E-state index contributed by atoms with van der Waals surface area (Å²) in [6.45, 7) is 1.91. The molecule has 31 heavy (non-hydrogen) atoms. The van der Waals surface area contributed by atoms with E-state index in [1.165, 1.54) is 6.07 Å². The predicted octanol–water partition coefficient (Wildman–Crippen LogP) is 3.66. The first-order chi connectivity index (χ1) is 14.6. The van der Waals surface area contributed by atoms with E-state index in [0.717, 1.165) is 11.8 Å². The third kappa shape index (κ3) is 4.60. The zero-order valence-electron chi connectivity index (χ0n) is 16.8. The van der Waals surface area contributed by atoms with Crippen LogP contribution in [0.4, 0.5) is 0 Å². The first-order valence-corrected chi connectivity index (χ1v) is 11.9. The number of rotatable bonds is 5. The van der Waals surface area contributed by atoms with Gasteiger partial charge in [-0.3, -0.25) is 14.3 Å². The fraction of sp³-hybridized carbons (Fsp3) is 0.273. The molecular formula is C22H20ClNO6S. The molecular weight excluding hydrogens is 442 g/mol. The summed E-state index contributed by atoms with van der Waals surface area (Å²) in [7, 11) is -3.59. The lowest BCUT2D eigenvalue weighted by Gasteiger charge is -2.34. The van der Waals surface area contributed by atoms with Crippen LogP contribution < -0.4 is 14.9 Å². The van der Waals surface area contributed by atoms with Crippen LogP contribution in [0.25, 0.3) is 22.3 Å². The smallest absolute Gasteiger partial charge is 0.236 e. The second-order valence-corrected chi connectivity index (χ2v) is 9.89. The van der Waals surface area contributed by atoms with Crippen LogP contribution in [0, 0.1) is 12.8 Å². The number of carbonyl (C=O) groups excluding carboxylic acids is 1. The molecule has 7 nitrogen and oxygen atoms in total. The minimum Gasteiger partial charge on any atom is -0.490 e. The Kier molecular flexibility index (Phi) is 5.53. The standard InChI is InChI=1S/C22H20ClNO6S/c1-12-6-7-16(20-11-18(25)15-4-3-5-17(23)21(15)30-20)19(8-12)29-14-9-13(10-14)22(26)24-31(2,27)28/h3-8,11,13-14H,9-10H2,1-2H3,(H,24,26). The summed E-state index contributed by atoms with van der Waals surface area (Å²) in [6, 6.07) is 11.9. The van der Waals surface area contributed by atoms with Gasteiger partial charge in [-0.1, -0.05) is 23.7 Å². The van der Waals surface area contributed by atoms with Gasteiger partial charge in [-0.2, -0.15) is 0 Å². The number of ether oxygens (including phenoxy) is 1. The van der Waals surface area contributed by atoms with Crippen LogP contribution >= 0.6 is 11.6 Å². The highest BCUT2D eigenvalue weighted by molar-refractivity contribution is 7.89. The quantitative estimate of drug-likeness (QED) is 0.622. The number of aryl methyl sites for hydroxylation is 1. The van der Waals surface area contributed by atoms with Crippen molar-refractivity contribution in [3.05, 3.63) is 63.3 Å². The van der Waals surface area contributed by atoms with E-state index in [1.54, 1.807) is 24.3 Å². The maximum absolute atomic E-state index is 12.6. The van der Waals surface area contributed by atoms with Crippen LogP contribution in [0.5, 0.6) is 5.75 Å². The molecule has 0 spiro atoms. The second kappa shape index (κ2) is 8.01. The van der Waals surface area contributed by atoms with Crippen LogP contribution in [0.1, 0.15) is 18.4 Å². The topological polar surface area (TPSA) is 103 Å². The van der Waals surface area contributed by atoms with Gasteiger partial charge < -0.3 is 9.15 Å². The van der Waals surface area contributed by atoms with E-state index in [4.69, 9.17) is 20.8 Å². The van der Waals surface area contributed by atoms with Crippen LogP contribution in [-0.2, 0) is 14.8 Å². The number of benzene rings is 2. The van der Waals surface area contributed by atoms with Crippen LogP contribution in [0.3, 0.4) is 0 Å². The Morgan fingerprint density at radius 1 is 1.19 bits per heavy atom. The van der Waals surface area contributed by atoms with Crippen molar-refractivity contribution in [2.24, 2.45) is 5.92 Å². The molecule has 1 aromatic heterocycles. The molecule has 1 aliphatic carbocycles. The van der Waals surface area contributed by atoms with Gasteiger partial charge in [-0.15, -0.1) is 0 Å². The first-order valence-electron chi connectivity index (χ1n) is 9.62.